The molecule has 0 spiro atoms. The first-order chi connectivity index (χ1) is 15.3. The Morgan fingerprint density at radius 3 is 2.59 bits per heavy atom. The summed E-state index contributed by atoms with van der Waals surface area (Å²) in [7, 11) is 0. The minimum atomic E-state index is -1.11. The van der Waals surface area contributed by atoms with Gasteiger partial charge in [0, 0.05) is 6.54 Å². The van der Waals surface area contributed by atoms with E-state index in [-0.39, 0.29) is 17.5 Å². The highest BCUT2D eigenvalue weighted by atomic mass is 79.9. The summed E-state index contributed by atoms with van der Waals surface area (Å²) in [5.41, 5.74) is 1.21. The van der Waals surface area contributed by atoms with Gasteiger partial charge in [-0.15, -0.1) is 0 Å². The first-order valence-electron chi connectivity index (χ1n) is 9.69. The van der Waals surface area contributed by atoms with Gasteiger partial charge in [0.1, 0.15) is 5.82 Å². The molecule has 0 aliphatic carbocycles. The van der Waals surface area contributed by atoms with Crippen molar-refractivity contribution in [3.05, 3.63) is 57.2 Å². The van der Waals surface area contributed by atoms with Gasteiger partial charge in [0.25, 0.3) is 5.91 Å². The number of aliphatic carboxylic acids is 1. The summed E-state index contributed by atoms with van der Waals surface area (Å²) in [5.74, 6) is -1.03. The quantitative estimate of drug-likeness (QED) is 0.486. The number of nitrogens with zero attached hydrogens (tertiary/aromatic N) is 2. The number of benzene rings is 2. The van der Waals surface area contributed by atoms with Crippen LogP contribution in [-0.2, 0) is 9.59 Å². The summed E-state index contributed by atoms with van der Waals surface area (Å²) in [6.07, 6.45) is 1.71. The highest BCUT2D eigenvalue weighted by Gasteiger charge is 2.32. The molecule has 0 saturated carbocycles. The molecule has 0 atom stereocenters. The molecule has 0 unspecified atom stereocenters. The minimum absolute atomic E-state index is 0.196. The van der Waals surface area contributed by atoms with E-state index in [1.165, 1.54) is 23.9 Å². The first kappa shape index (κ1) is 23.8. The number of carboxylic acids is 1. The van der Waals surface area contributed by atoms with E-state index in [9.17, 15) is 14.0 Å². The zero-order valence-corrected chi connectivity index (χ0v) is 19.7. The van der Waals surface area contributed by atoms with Gasteiger partial charge in [-0.05, 0) is 89.6 Å². The van der Waals surface area contributed by atoms with Crippen LogP contribution >= 0.6 is 27.7 Å². The second-order valence-corrected chi connectivity index (χ2v) is 8.34. The number of thioether (sulfide) groups is 1. The number of carbonyl (C=O) groups excluding carboxylic acids is 1. The van der Waals surface area contributed by atoms with Gasteiger partial charge in [-0.2, -0.15) is 0 Å². The number of halogens is 2. The van der Waals surface area contributed by atoms with Gasteiger partial charge in [-0.1, -0.05) is 0 Å². The smallest absolute Gasteiger partial charge is 0.341 e. The molecule has 1 N–H and O–H groups in total. The van der Waals surface area contributed by atoms with Crippen molar-refractivity contribution in [2.24, 2.45) is 4.99 Å². The van der Waals surface area contributed by atoms with E-state index in [1.54, 1.807) is 42.2 Å². The number of amides is 1. The van der Waals surface area contributed by atoms with Crippen molar-refractivity contribution >= 4 is 56.5 Å². The standard InChI is InChI=1S/C22H20BrFN2O5S/c1-3-26-21(29)18(32-22(26)25-15-7-5-14(24)6-8-15)11-13-9-16(23)20(31-12-19(27)28)17(10-13)30-4-2/h5-11H,3-4,12H2,1-2H3,(H,27,28)/b18-11+,25-22?. The lowest BCUT2D eigenvalue weighted by Crippen LogP contribution is -2.28. The Morgan fingerprint density at radius 2 is 1.97 bits per heavy atom. The monoisotopic (exact) mass is 522 g/mol. The van der Waals surface area contributed by atoms with Crippen molar-refractivity contribution in [3.8, 4) is 11.5 Å². The average Bonchev–Trinajstić information content (AvgIpc) is 3.03. The van der Waals surface area contributed by atoms with Crippen molar-refractivity contribution in [1.82, 2.24) is 4.90 Å². The van der Waals surface area contributed by atoms with E-state index in [1.807, 2.05) is 6.92 Å². The van der Waals surface area contributed by atoms with Crippen LogP contribution in [0.4, 0.5) is 10.1 Å². The number of carboxylic acid groups (broad SMARTS) is 1. The predicted molar refractivity (Wildman–Crippen MR) is 125 cm³/mol. The van der Waals surface area contributed by atoms with Crippen LogP contribution in [-0.4, -0.2) is 46.8 Å². The van der Waals surface area contributed by atoms with Gasteiger partial charge in [0.05, 0.1) is 21.7 Å². The fraction of sp³-hybridized carbons (Fsp3) is 0.227. The number of ether oxygens (including phenoxy) is 2. The molecule has 168 valence electrons. The summed E-state index contributed by atoms with van der Waals surface area (Å²) in [5, 5.41) is 9.39. The van der Waals surface area contributed by atoms with Gasteiger partial charge in [0.15, 0.2) is 23.3 Å². The summed E-state index contributed by atoms with van der Waals surface area (Å²) >= 11 is 4.60. The van der Waals surface area contributed by atoms with E-state index in [2.05, 4.69) is 20.9 Å². The van der Waals surface area contributed by atoms with E-state index < -0.39 is 12.6 Å². The summed E-state index contributed by atoms with van der Waals surface area (Å²) < 4.78 is 24.6. The number of hydrogen-bond acceptors (Lipinski definition) is 6. The summed E-state index contributed by atoms with van der Waals surface area (Å²) in [6.45, 7) is 3.91. The van der Waals surface area contributed by atoms with E-state index in [4.69, 9.17) is 14.6 Å². The van der Waals surface area contributed by atoms with Crippen LogP contribution < -0.4 is 9.47 Å². The van der Waals surface area contributed by atoms with Crippen molar-refractivity contribution < 1.29 is 28.6 Å². The molecule has 2 aromatic carbocycles. The van der Waals surface area contributed by atoms with Crippen LogP contribution in [0.15, 0.2) is 50.8 Å². The van der Waals surface area contributed by atoms with Gasteiger partial charge in [0.2, 0.25) is 0 Å². The fourth-order valence-corrected chi connectivity index (χ4v) is 4.49. The summed E-state index contributed by atoms with van der Waals surface area (Å²) in [4.78, 5) is 30.2. The van der Waals surface area contributed by atoms with Crippen LogP contribution in [0.1, 0.15) is 19.4 Å². The third kappa shape index (κ3) is 5.68. The molecule has 0 radical (unpaired) electrons. The molecular formula is C22H20BrFN2O5S. The van der Waals surface area contributed by atoms with Crippen molar-refractivity contribution in [2.75, 3.05) is 19.8 Å². The lowest BCUT2D eigenvalue weighted by atomic mass is 10.2. The van der Waals surface area contributed by atoms with Gasteiger partial charge >= 0.3 is 5.97 Å². The Bertz CT molecular complexity index is 1090. The molecule has 1 aliphatic rings. The SMILES string of the molecule is CCOc1cc(/C=C2/SC(=Nc3ccc(F)cc3)N(CC)C2=O)cc(Br)c1OCC(=O)O. The number of amidine groups is 1. The molecule has 1 fully saturated rings. The highest BCUT2D eigenvalue weighted by Crippen LogP contribution is 2.39. The fourth-order valence-electron chi connectivity index (χ4n) is 2.86. The van der Waals surface area contributed by atoms with Gasteiger partial charge < -0.3 is 14.6 Å². The third-order valence-corrected chi connectivity index (χ3v) is 5.82. The lowest BCUT2D eigenvalue weighted by Gasteiger charge is -2.13. The molecule has 1 aliphatic heterocycles. The van der Waals surface area contributed by atoms with Crippen LogP contribution in [0, 0.1) is 5.82 Å². The minimum Gasteiger partial charge on any atom is -0.490 e. The zero-order valence-electron chi connectivity index (χ0n) is 17.3. The predicted octanol–water partition coefficient (Wildman–Crippen LogP) is 5.07. The zero-order chi connectivity index (χ0) is 23.3. The number of rotatable bonds is 8. The second kappa shape index (κ2) is 10.6. The Kier molecular flexibility index (Phi) is 7.92. The van der Waals surface area contributed by atoms with Crippen molar-refractivity contribution in [3.63, 3.8) is 0 Å². The molecular weight excluding hydrogens is 503 g/mol. The van der Waals surface area contributed by atoms with E-state index in [0.29, 0.717) is 44.7 Å². The maximum absolute atomic E-state index is 13.2. The number of aliphatic imine (C=N–C) groups is 1. The molecule has 1 saturated heterocycles. The number of likely N-dealkylation sites (N-methyl/N-ethyl adjacent to an activating group) is 1. The Hall–Kier alpha value is -2.85. The molecule has 7 nitrogen and oxygen atoms in total. The van der Waals surface area contributed by atoms with Gasteiger partial charge in [-0.3, -0.25) is 9.69 Å². The highest BCUT2D eigenvalue weighted by molar-refractivity contribution is 9.10. The molecule has 32 heavy (non-hydrogen) atoms. The largest absolute Gasteiger partial charge is 0.490 e. The number of carbonyl (C=O) groups is 2. The number of hydrogen-bond donors (Lipinski definition) is 1. The van der Waals surface area contributed by atoms with Crippen LogP contribution in [0.25, 0.3) is 6.08 Å². The van der Waals surface area contributed by atoms with Crippen LogP contribution in [0.3, 0.4) is 0 Å². The molecule has 1 amide bonds. The first-order valence-corrected chi connectivity index (χ1v) is 11.3. The summed E-state index contributed by atoms with van der Waals surface area (Å²) in [6, 6.07) is 9.11. The van der Waals surface area contributed by atoms with Crippen LogP contribution in [0.2, 0.25) is 0 Å². The molecule has 3 rings (SSSR count). The van der Waals surface area contributed by atoms with E-state index in [0.717, 1.165) is 0 Å². The molecule has 0 bridgehead atoms. The van der Waals surface area contributed by atoms with Gasteiger partial charge in [-0.25, -0.2) is 14.2 Å². The van der Waals surface area contributed by atoms with Crippen molar-refractivity contribution in [2.45, 2.75) is 13.8 Å². The molecule has 0 aromatic heterocycles. The van der Waals surface area contributed by atoms with Crippen LogP contribution in [0.5, 0.6) is 11.5 Å². The second-order valence-electron chi connectivity index (χ2n) is 6.48. The topological polar surface area (TPSA) is 88.4 Å². The Labute approximate surface area is 197 Å². The molecule has 10 heteroatoms. The normalized spacial score (nSPS) is 16.1. The van der Waals surface area contributed by atoms with E-state index >= 15 is 0 Å². The Morgan fingerprint density at radius 1 is 1.25 bits per heavy atom. The molecule has 2 aromatic rings. The maximum atomic E-state index is 13.2. The molecule has 1 heterocycles. The lowest BCUT2D eigenvalue weighted by molar-refractivity contribution is -0.139. The third-order valence-electron chi connectivity index (χ3n) is 4.23. The Balaban J connectivity index is 1.93. The maximum Gasteiger partial charge on any atom is 0.341 e. The van der Waals surface area contributed by atoms with Crippen molar-refractivity contribution in [1.29, 1.82) is 0 Å². The average molecular weight is 523 g/mol.